The Morgan fingerprint density at radius 3 is 2.20 bits per heavy atom. The van der Waals surface area contributed by atoms with E-state index >= 15 is 0 Å². The van der Waals surface area contributed by atoms with E-state index in [2.05, 4.69) is 10.0 Å². The molecule has 0 spiro atoms. The first kappa shape index (κ1) is 21.5. The van der Waals surface area contributed by atoms with E-state index in [-0.39, 0.29) is 23.1 Å². The molecule has 0 aromatic heterocycles. The van der Waals surface area contributed by atoms with Crippen LogP contribution in [0.2, 0.25) is 5.02 Å². The molecular formula is C21H19ClN2O5S. The zero-order valence-electron chi connectivity index (χ0n) is 16.0. The van der Waals surface area contributed by atoms with E-state index in [1.165, 1.54) is 24.3 Å². The molecule has 0 radical (unpaired) electrons. The second-order valence-electron chi connectivity index (χ2n) is 6.12. The average Bonchev–Trinajstić information content (AvgIpc) is 2.74. The lowest BCUT2D eigenvalue weighted by Gasteiger charge is -2.11. The predicted octanol–water partition coefficient (Wildman–Crippen LogP) is 4.17. The molecule has 0 saturated heterocycles. The normalized spacial score (nSPS) is 10.9. The van der Waals surface area contributed by atoms with Gasteiger partial charge in [-0.1, -0.05) is 23.7 Å². The number of carbonyl (C=O) groups excluding carboxylic acids is 1. The minimum atomic E-state index is -3.82. The van der Waals surface area contributed by atoms with Crippen LogP contribution >= 0.6 is 11.6 Å². The lowest BCUT2D eigenvalue weighted by atomic mass is 10.3. The Morgan fingerprint density at radius 2 is 1.57 bits per heavy atom. The lowest BCUT2D eigenvalue weighted by Crippen LogP contribution is -2.20. The van der Waals surface area contributed by atoms with Gasteiger partial charge in [0.05, 0.1) is 22.7 Å². The number of hydrogen-bond donors (Lipinski definition) is 2. The van der Waals surface area contributed by atoms with E-state index < -0.39 is 10.0 Å². The van der Waals surface area contributed by atoms with Gasteiger partial charge >= 0.3 is 0 Å². The molecule has 0 unspecified atom stereocenters. The van der Waals surface area contributed by atoms with Gasteiger partial charge in [0, 0.05) is 5.69 Å². The van der Waals surface area contributed by atoms with Crippen LogP contribution in [0, 0.1) is 0 Å². The van der Waals surface area contributed by atoms with E-state index in [4.69, 9.17) is 21.1 Å². The standard InChI is InChI=1S/C21H19ClN2O5S/c1-28-16-8-10-17(11-9-16)29-14-21(25)23-15-6-12-18(13-7-15)30(26,27)24-20-5-3-2-4-19(20)22/h2-13,24H,14H2,1H3,(H,23,25). The maximum Gasteiger partial charge on any atom is 0.262 e. The zero-order chi connectivity index (χ0) is 21.6. The second kappa shape index (κ2) is 9.51. The summed E-state index contributed by atoms with van der Waals surface area (Å²) in [6, 6.07) is 19.1. The molecule has 0 bridgehead atoms. The van der Waals surface area contributed by atoms with Crippen LogP contribution < -0.4 is 19.5 Å². The van der Waals surface area contributed by atoms with Crippen LogP contribution in [-0.4, -0.2) is 28.0 Å². The van der Waals surface area contributed by atoms with Gasteiger partial charge in [-0.05, 0) is 60.7 Å². The summed E-state index contributed by atoms with van der Waals surface area (Å²) >= 11 is 6.00. The number of rotatable bonds is 8. The fourth-order valence-corrected chi connectivity index (χ4v) is 3.80. The number of para-hydroxylation sites is 1. The third-order valence-electron chi connectivity index (χ3n) is 4.00. The highest BCUT2D eigenvalue weighted by atomic mass is 35.5. The van der Waals surface area contributed by atoms with Gasteiger partial charge < -0.3 is 14.8 Å². The van der Waals surface area contributed by atoms with Crippen molar-refractivity contribution < 1.29 is 22.7 Å². The summed E-state index contributed by atoms with van der Waals surface area (Å²) < 4.78 is 37.9. The van der Waals surface area contributed by atoms with Crippen molar-refractivity contribution in [3.05, 3.63) is 77.8 Å². The van der Waals surface area contributed by atoms with Gasteiger partial charge in [0.2, 0.25) is 0 Å². The van der Waals surface area contributed by atoms with Gasteiger partial charge in [-0.2, -0.15) is 0 Å². The third kappa shape index (κ3) is 5.65. The average molecular weight is 447 g/mol. The van der Waals surface area contributed by atoms with Crippen molar-refractivity contribution in [3.63, 3.8) is 0 Å². The largest absolute Gasteiger partial charge is 0.497 e. The summed E-state index contributed by atoms with van der Waals surface area (Å²) in [5, 5.41) is 2.94. The van der Waals surface area contributed by atoms with Crippen LogP contribution in [0.4, 0.5) is 11.4 Å². The van der Waals surface area contributed by atoms with Crippen molar-refractivity contribution in [2.24, 2.45) is 0 Å². The van der Waals surface area contributed by atoms with Crippen LogP contribution in [0.25, 0.3) is 0 Å². The van der Waals surface area contributed by atoms with Crippen LogP contribution in [0.3, 0.4) is 0 Å². The molecular weight excluding hydrogens is 428 g/mol. The lowest BCUT2D eigenvalue weighted by molar-refractivity contribution is -0.118. The number of methoxy groups -OCH3 is 1. The molecule has 0 atom stereocenters. The molecule has 0 saturated carbocycles. The minimum absolute atomic E-state index is 0.0369. The zero-order valence-corrected chi connectivity index (χ0v) is 17.5. The van der Waals surface area contributed by atoms with Crippen LogP contribution in [0.1, 0.15) is 0 Å². The molecule has 3 rings (SSSR count). The molecule has 0 fully saturated rings. The van der Waals surface area contributed by atoms with Gasteiger partial charge in [0.1, 0.15) is 11.5 Å². The van der Waals surface area contributed by atoms with Crippen molar-refractivity contribution in [1.82, 2.24) is 0 Å². The van der Waals surface area contributed by atoms with Gasteiger partial charge in [-0.15, -0.1) is 0 Å². The summed E-state index contributed by atoms with van der Waals surface area (Å²) in [6.45, 7) is -0.194. The molecule has 1 amide bonds. The molecule has 7 nitrogen and oxygen atoms in total. The predicted molar refractivity (Wildman–Crippen MR) is 116 cm³/mol. The summed E-state index contributed by atoms with van der Waals surface area (Å²) in [5.74, 6) is 0.833. The van der Waals surface area contributed by atoms with Crippen LogP contribution in [0.5, 0.6) is 11.5 Å². The number of halogens is 1. The van der Waals surface area contributed by atoms with E-state index in [1.54, 1.807) is 55.6 Å². The Morgan fingerprint density at radius 1 is 0.933 bits per heavy atom. The molecule has 30 heavy (non-hydrogen) atoms. The highest BCUT2D eigenvalue weighted by Crippen LogP contribution is 2.24. The highest BCUT2D eigenvalue weighted by Gasteiger charge is 2.15. The Bertz CT molecular complexity index is 1120. The van der Waals surface area contributed by atoms with Gasteiger partial charge in [-0.25, -0.2) is 8.42 Å². The third-order valence-corrected chi connectivity index (χ3v) is 5.71. The van der Waals surface area contributed by atoms with Crippen molar-refractivity contribution >= 4 is 38.9 Å². The summed E-state index contributed by atoms with van der Waals surface area (Å²) in [7, 11) is -2.25. The summed E-state index contributed by atoms with van der Waals surface area (Å²) in [6.07, 6.45) is 0. The smallest absolute Gasteiger partial charge is 0.262 e. The number of nitrogens with one attached hydrogen (secondary N) is 2. The number of ether oxygens (including phenoxy) is 2. The number of amides is 1. The number of carbonyl (C=O) groups is 1. The van der Waals surface area contributed by atoms with E-state index in [0.29, 0.717) is 22.2 Å². The van der Waals surface area contributed by atoms with Gasteiger partial charge in [-0.3, -0.25) is 9.52 Å². The molecule has 9 heteroatoms. The first-order valence-corrected chi connectivity index (χ1v) is 10.7. The maximum absolute atomic E-state index is 12.5. The van der Waals surface area contributed by atoms with Crippen molar-refractivity contribution in [2.45, 2.75) is 4.90 Å². The monoisotopic (exact) mass is 446 g/mol. The van der Waals surface area contributed by atoms with Gasteiger partial charge in [0.15, 0.2) is 6.61 Å². The number of benzene rings is 3. The maximum atomic E-state index is 12.5. The fourth-order valence-electron chi connectivity index (χ4n) is 2.48. The molecule has 0 aliphatic carbocycles. The molecule has 2 N–H and O–H groups in total. The van der Waals surface area contributed by atoms with Crippen LogP contribution in [0.15, 0.2) is 77.7 Å². The number of anilines is 2. The molecule has 0 heterocycles. The molecule has 3 aromatic carbocycles. The second-order valence-corrected chi connectivity index (χ2v) is 8.21. The Hall–Kier alpha value is -3.23. The minimum Gasteiger partial charge on any atom is -0.497 e. The first-order valence-electron chi connectivity index (χ1n) is 8.81. The summed E-state index contributed by atoms with van der Waals surface area (Å²) in [4.78, 5) is 12.1. The van der Waals surface area contributed by atoms with E-state index in [1.807, 2.05) is 0 Å². The Kier molecular flexibility index (Phi) is 6.81. The van der Waals surface area contributed by atoms with Crippen molar-refractivity contribution in [2.75, 3.05) is 23.8 Å². The van der Waals surface area contributed by atoms with E-state index in [9.17, 15) is 13.2 Å². The first-order chi connectivity index (χ1) is 14.4. The van der Waals surface area contributed by atoms with Crippen LogP contribution in [-0.2, 0) is 14.8 Å². The quantitative estimate of drug-likeness (QED) is 0.541. The molecule has 156 valence electrons. The van der Waals surface area contributed by atoms with Crippen molar-refractivity contribution in [3.8, 4) is 11.5 Å². The molecule has 0 aliphatic heterocycles. The number of hydrogen-bond acceptors (Lipinski definition) is 5. The molecule has 0 aliphatic rings. The van der Waals surface area contributed by atoms with E-state index in [0.717, 1.165) is 0 Å². The highest BCUT2D eigenvalue weighted by molar-refractivity contribution is 7.92. The molecule has 3 aromatic rings. The fraction of sp³-hybridized carbons (Fsp3) is 0.0952. The Labute approximate surface area is 179 Å². The SMILES string of the molecule is COc1ccc(OCC(=O)Nc2ccc(S(=O)(=O)Nc3ccccc3Cl)cc2)cc1. The summed E-state index contributed by atoms with van der Waals surface area (Å²) in [5.41, 5.74) is 0.724. The van der Waals surface area contributed by atoms with Crippen molar-refractivity contribution in [1.29, 1.82) is 0 Å². The van der Waals surface area contributed by atoms with Gasteiger partial charge in [0.25, 0.3) is 15.9 Å². The number of sulfonamides is 1. The Balaban J connectivity index is 1.58. The topological polar surface area (TPSA) is 93.7 Å².